The van der Waals surface area contributed by atoms with E-state index in [0.29, 0.717) is 18.8 Å². The molecule has 0 aliphatic carbocycles. The summed E-state index contributed by atoms with van der Waals surface area (Å²) in [6.07, 6.45) is 0.733. The first-order chi connectivity index (χ1) is 11.7. The molecule has 0 amide bonds. The van der Waals surface area contributed by atoms with Gasteiger partial charge < -0.3 is 4.74 Å². The van der Waals surface area contributed by atoms with Crippen molar-refractivity contribution in [3.63, 3.8) is 0 Å². The predicted octanol–water partition coefficient (Wildman–Crippen LogP) is 3.74. The quantitative estimate of drug-likeness (QED) is 0.839. The SMILES string of the molecule is COc1ccc(C(C)(C)C)cc1S(=O)(=O)N1CCc2ccccc2C1. The van der Waals surface area contributed by atoms with Crippen LogP contribution in [0.1, 0.15) is 37.5 Å². The maximum atomic E-state index is 13.3. The third-order valence-electron chi connectivity index (χ3n) is 4.74. The number of benzene rings is 2. The Kier molecular flexibility index (Phi) is 4.64. The second-order valence-electron chi connectivity index (χ2n) is 7.47. The molecule has 3 rings (SSSR count). The Morgan fingerprint density at radius 2 is 1.72 bits per heavy atom. The molecule has 1 aliphatic rings. The van der Waals surface area contributed by atoms with Gasteiger partial charge in [0.05, 0.1) is 7.11 Å². The fourth-order valence-electron chi connectivity index (χ4n) is 3.16. The van der Waals surface area contributed by atoms with Crippen molar-refractivity contribution in [1.82, 2.24) is 4.31 Å². The Labute approximate surface area is 150 Å². The molecule has 2 aromatic carbocycles. The van der Waals surface area contributed by atoms with Crippen molar-refractivity contribution in [2.75, 3.05) is 13.7 Å². The van der Waals surface area contributed by atoms with E-state index >= 15 is 0 Å². The number of sulfonamides is 1. The maximum absolute atomic E-state index is 13.3. The van der Waals surface area contributed by atoms with Crippen molar-refractivity contribution in [1.29, 1.82) is 0 Å². The van der Waals surface area contributed by atoms with Gasteiger partial charge in [-0.1, -0.05) is 51.1 Å². The van der Waals surface area contributed by atoms with Gasteiger partial charge in [0.2, 0.25) is 10.0 Å². The summed E-state index contributed by atoms with van der Waals surface area (Å²) in [5, 5.41) is 0. The largest absolute Gasteiger partial charge is 0.495 e. The van der Waals surface area contributed by atoms with E-state index in [1.807, 2.05) is 24.3 Å². The highest BCUT2D eigenvalue weighted by molar-refractivity contribution is 7.89. The van der Waals surface area contributed by atoms with E-state index in [-0.39, 0.29) is 10.3 Å². The van der Waals surface area contributed by atoms with Crippen molar-refractivity contribution in [2.24, 2.45) is 0 Å². The zero-order valence-corrected chi connectivity index (χ0v) is 16.1. The lowest BCUT2D eigenvalue weighted by Gasteiger charge is -2.29. The lowest BCUT2D eigenvalue weighted by atomic mass is 9.87. The molecule has 0 bridgehead atoms. The minimum atomic E-state index is -3.62. The van der Waals surface area contributed by atoms with E-state index < -0.39 is 10.0 Å². The van der Waals surface area contributed by atoms with Crippen molar-refractivity contribution in [3.8, 4) is 5.75 Å². The number of hydrogen-bond acceptors (Lipinski definition) is 3. The van der Waals surface area contributed by atoms with Crippen LogP contribution < -0.4 is 4.74 Å². The highest BCUT2D eigenvalue weighted by atomic mass is 32.2. The minimum Gasteiger partial charge on any atom is -0.495 e. The number of hydrogen-bond donors (Lipinski definition) is 0. The Hall–Kier alpha value is -1.85. The summed E-state index contributed by atoms with van der Waals surface area (Å²) in [5.74, 6) is 0.395. The number of rotatable bonds is 3. The van der Waals surface area contributed by atoms with E-state index in [4.69, 9.17) is 4.74 Å². The van der Waals surface area contributed by atoms with Crippen LogP contribution in [0.25, 0.3) is 0 Å². The molecule has 134 valence electrons. The summed E-state index contributed by atoms with van der Waals surface area (Å²) in [6, 6.07) is 13.5. The first kappa shape index (κ1) is 18.0. The lowest BCUT2D eigenvalue weighted by molar-refractivity contribution is 0.377. The van der Waals surface area contributed by atoms with Crippen LogP contribution in [0, 0.1) is 0 Å². The van der Waals surface area contributed by atoms with E-state index in [0.717, 1.165) is 17.5 Å². The van der Waals surface area contributed by atoms with Gasteiger partial charge >= 0.3 is 0 Å². The Morgan fingerprint density at radius 1 is 1.04 bits per heavy atom. The van der Waals surface area contributed by atoms with Crippen LogP contribution in [0.5, 0.6) is 5.75 Å². The van der Waals surface area contributed by atoms with E-state index in [1.54, 1.807) is 16.4 Å². The summed E-state index contributed by atoms with van der Waals surface area (Å²) in [6.45, 7) is 7.11. The van der Waals surface area contributed by atoms with E-state index in [2.05, 4.69) is 26.8 Å². The van der Waals surface area contributed by atoms with Crippen LogP contribution in [-0.2, 0) is 28.4 Å². The van der Waals surface area contributed by atoms with Gasteiger partial charge in [-0.05, 0) is 40.7 Å². The molecule has 0 aromatic heterocycles. The average molecular weight is 359 g/mol. The van der Waals surface area contributed by atoms with Crippen LogP contribution in [0.3, 0.4) is 0 Å². The van der Waals surface area contributed by atoms with Gasteiger partial charge in [-0.3, -0.25) is 0 Å². The summed E-state index contributed by atoms with van der Waals surface area (Å²) >= 11 is 0. The molecule has 0 radical (unpaired) electrons. The minimum absolute atomic E-state index is 0.134. The molecule has 5 heteroatoms. The molecular weight excluding hydrogens is 334 g/mol. The molecule has 0 saturated heterocycles. The van der Waals surface area contributed by atoms with Gasteiger partial charge in [0.15, 0.2) is 0 Å². The molecular formula is C20H25NO3S. The summed E-state index contributed by atoms with van der Waals surface area (Å²) < 4.78 is 33.5. The summed E-state index contributed by atoms with van der Waals surface area (Å²) in [5.41, 5.74) is 3.14. The molecule has 1 heterocycles. The fraction of sp³-hybridized carbons (Fsp3) is 0.400. The third-order valence-corrected chi connectivity index (χ3v) is 6.61. The van der Waals surface area contributed by atoms with Gasteiger partial charge in [-0.15, -0.1) is 0 Å². The molecule has 0 fully saturated rings. The van der Waals surface area contributed by atoms with Crippen molar-refractivity contribution in [2.45, 2.75) is 44.0 Å². The van der Waals surface area contributed by atoms with E-state index in [1.165, 1.54) is 12.7 Å². The molecule has 0 atom stereocenters. The first-order valence-electron chi connectivity index (χ1n) is 8.49. The van der Waals surface area contributed by atoms with Gasteiger partial charge in [-0.2, -0.15) is 4.31 Å². The number of fused-ring (bicyclic) bond motifs is 1. The molecule has 4 nitrogen and oxygen atoms in total. The standard InChI is InChI=1S/C20H25NO3S/c1-20(2,3)17-9-10-18(24-4)19(13-17)25(22,23)21-12-11-15-7-5-6-8-16(15)14-21/h5-10,13H,11-12,14H2,1-4H3. The van der Waals surface area contributed by atoms with Crippen molar-refractivity contribution < 1.29 is 13.2 Å². The van der Waals surface area contributed by atoms with Crippen LogP contribution in [-0.4, -0.2) is 26.4 Å². The lowest BCUT2D eigenvalue weighted by Crippen LogP contribution is -2.36. The van der Waals surface area contributed by atoms with Gasteiger partial charge in [0.25, 0.3) is 0 Å². The molecule has 1 aliphatic heterocycles. The van der Waals surface area contributed by atoms with Crippen LogP contribution >= 0.6 is 0 Å². The second-order valence-corrected chi connectivity index (χ2v) is 9.38. The average Bonchev–Trinajstić information content (AvgIpc) is 2.59. The number of ether oxygens (including phenoxy) is 1. The zero-order valence-electron chi connectivity index (χ0n) is 15.2. The topological polar surface area (TPSA) is 46.6 Å². The monoisotopic (exact) mass is 359 g/mol. The number of nitrogens with zero attached hydrogens (tertiary/aromatic N) is 1. The van der Waals surface area contributed by atoms with Crippen molar-refractivity contribution >= 4 is 10.0 Å². The van der Waals surface area contributed by atoms with E-state index in [9.17, 15) is 8.42 Å². The first-order valence-corrected chi connectivity index (χ1v) is 9.93. The van der Waals surface area contributed by atoms with Gasteiger partial charge in [-0.25, -0.2) is 8.42 Å². The molecule has 0 spiro atoms. The molecule has 0 unspecified atom stereocenters. The third kappa shape index (κ3) is 3.44. The summed E-state index contributed by atoms with van der Waals surface area (Å²) in [4.78, 5) is 0.252. The Morgan fingerprint density at radius 3 is 2.36 bits per heavy atom. The Bertz CT molecular complexity index is 882. The smallest absolute Gasteiger partial charge is 0.247 e. The van der Waals surface area contributed by atoms with Crippen LogP contribution in [0.4, 0.5) is 0 Å². The van der Waals surface area contributed by atoms with Crippen LogP contribution in [0.15, 0.2) is 47.4 Å². The second kappa shape index (κ2) is 6.46. The number of methoxy groups -OCH3 is 1. The molecule has 0 N–H and O–H groups in total. The van der Waals surface area contributed by atoms with Gasteiger partial charge in [0, 0.05) is 13.1 Å². The molecule has 2 aromatic rings. The maximum Gasteiger partial charge on any atom is 0.247 e. The predicted molar refractivity (Wildman–Crippen MR) is 99.4 cm³/mol. The highest BCUT2D eigenvalue weighted by Crippen LogP contribution is 2.34. The fourth-order valence-corrected chi connectivity index (χ4v) is 4.76. The van der Waals surface area contributed by atoms with Gasteiger partial charge in [0.1, 0.15) is 10.6 Å². The van der Waals surface area contributed by atoms with Crippen LogP contribution in [0.2, 0.25) is 0 Å². The molecule has 25 heavy (non-hydrogen) atoms. The van der Waals surface area contributed by atoms with Crippen molar-refractivity contribution in [3.05, 3.63) is 59.2 Å². The highest BCUT2D eigenvalue weighted by Gasteiger charge is 2.31. The normalized spacial score (nSPS) is 15.7. The zero-order chi connectivity index (χ0) is 18.2. The summed E-state index contributed by atoms with van der Waals surface area (Å²) in [7, 11) is -2.11. The molecule has 0 saturated carbocycles. The Balaban J connectivity index is 2.03.